The van der Waals surface area contributed by atoms with Crippen LogP contribution in [-0.4, -0.2) is 48.1 Å². The lowest BCUT2D eigenvalue weighted by Crippen LogP contribution is -2.50. The minimum Gasteiger partial charge on any atom is -0.496 e. The predicted molar refractivity (Wildman–Crippen MR) is 134 cm³/mol. The van der Waals surface area contributed by atoms with Crippen molar-refractivity contribution in [1.29, 1.82) is 0 Å². The lowest BCUT2D eigenvalue weighted by molar-refractivity contribution is 0.0920. The predicted octanol–water partition coefficient (Wildman–Crippen LogP) is 4.10. The fourth-order valence-corrected chi connectivity index (χ4v) is 5.14. The quantitative estimate of drug-likeness (QED) is 0.645. The number of aromatic nitrogens is 1. The third-order valence-corrected chi connectivity index (χ3v) is 7.45. The number of methoxy groups -OCH3 is 1. The van der Waals surface area contributed by atoms with Gasteiger partial charge >= 0.3 is 0 Å². The molecule has 7 heteroatoms. The number of rotatable bonds is 7. The molecule has 34 heavy (non-hydrogen) atoms. The van der Waals surface area contributed by atoms with Gasteiger partial charge in [-0.2, -0.15) is 0 Å². The first-order valence-electron chi connectivity index (χ1n) is 12.3. The highest BCUT2D eigenvalue weighted by atomic mass is 16.5. The van der Waals surface area contributed by atoms with E-state index in [0.29, 0.717) is 29.1 Å². The first kappa shape index (κ1) is 24.0. The Hall–Kier alpha value is -3.09. The number of hydrogen-bond donors (Lipinski definition) is 2. The number of hydrogen-bond acceptors (Lipinski definition) is 5. The van der Waals surface area contributed by atoms with Gasteiger partial charge in [0.25, 0.3) is 11.8 Å². The highest BCUT2D eigenvalue weighted by Gasteiger charge is 2.42. The molecule has 7 nitrogen and oxygen atoms in total. The van der Waals surface area contributed by atoms with E-state index in [4.69, 9.17) is 4.74 Å². The fraction of sp³-hybridized carbons (Fsp3) is 0.519. The summed E-state index contributed by atoms with van der Waals surface area (Å²) >= 11 is 0. The molecule has 2 fully saturated rings. The summed E-state index contributed by atoms with van der Waals surface area (Å²) in [4.78, 5) is 32.5. The number of nitrogens with zero attached hydrogens (tertiary/aromatic N) is 2. The highest BCUT2D eigenvalue weighted by molar-refractivity contribution is 5.96. The number of carbonyl (C=O) groups excluding carboxylic acids is 2. The minimum absolute atomic E-state index is 0.0432. The highest BCUT2D eigenvalue weighted by Crippen LogP contribution is 2.38. The molecule has 0 aliphatic carbocycles. The lowest BCUT2D eigenvalue weighted by atomic mass is 9.96. The second kappa shape index (κ2) is 10.0. The third-order valence-electron chi connectivity index (χ3n) is 7.45. The lowest BCUT2D eigenvalue weighted by Gasteiger charge is -2.40. The standard InChI is InChI=1S/C27H36N4O3/c1-16(2)18(4)29-26(32)19-9-12-25(28-15-19)31-21-10-11-22(31)14-20(13-21)30-27(33)23-7-6-8-24(34-5)17(23)3/h6-9,12,15-16,18,20-22H,10-11,13-14H2,1-5H3,(H,29,32)(H,30,33)/t18-,20?,21-,22+/m1/s1. The van der Waals surface area contributed by atoms with Gasteiger partial charge in [-0.1, -0.05) is 19.9 Å². The first-order valence-corrected chi connectivity index (χ1v) is 12.3. The summed E-state index contributed by atoms with van der Waals surface area (Å²) in [5.74, 6) is 1.89. The fourth-order valence-electron chi connectivity index (χ4n) is 5.14. The largest absolute Gasteiger partial charge is 0.496 e. The zero-order valence-electron chi connectivity index (χ0n) is 20.8. The summed E-state index contributed by atoms with van der Waals surface area (Å²) in [6.45, 7) is 8.11. The zero-order chi connectivity index (χ0) is 24.4. The summed E-state index contributed by atoms with van der Waals surface area (Å²) < 4.78 is 5.37. The van der Waals surface area contributed by atoms with Gasteiger partial charge in [0.05, 0.1) is 12.7 Å². The van der Waals surface area contributed by atoms with E-state index in [-0.39, 0.29) is 23.9 Å². The van der Waals surface area contributed by atoms with Gasteiger partial charge in [-0.05, 0) is 69.7 Å². The maximum Gasteiger partial charge on any atom is 0.253 e. The molecule has 2 amide bonds. The number of piperidine rings is 1. The molecule has 2 saturated heterocycles. The van der Waals surface area contributed by atoms with Crippen LogP contribution in [0.4, 0.5) is 5.82 Å². The van der Waals surface area contributed by atoms with Crippen LogP contribution in [0.5, 0.6) is 5.75 Å². The molecule has 1 unspecified atom stereocenters. The molecule has 2 aliphatic heterocycles. The van der Waals surface area contributed by atoms with E-state index in [0.717, 1.165) is 42.8 Å². The van der Waals surface area contributed by atoms with Crippen molar-refractivity contribution in [2.75, 3.05) is 12.0 Å². The number of pyridine rings is 1. The van der Waals surface area contributed by atoms with Crippen molar-refractivity contribution in [3.05, 3.63) is 53.2 Å². The van der Waals surface area contributed by atoms with E-state index in [2.05, 4.69) is 34.4 Å². The van der Waals surface area contributed by atoms with Gasteiger partial charge in [0.2, 0.25) is 0 Å². The van der Waals surface area contributed by atoms with E-state index in [1.807, 2.05) is 44.2 Å². The van der Waals surface area contributed by atoms with E-state index >= 15 is 0 Å². The second-order valence-electron chi connectivity index (χ2n) is 9.98. The van der Waals surface area contributed by atoms with Gasteiger partial charge in [-0.25, -0.2) is 4.98 Å². The molecule has 2 aliphatic rings. The van der Waals surface area contributed by atoms with Gasteiger partial charge in [0.15, 0.2) is 0 Å². The maximum absolute atomic E-state index is 13.0. The number of fused-ring (bicyclic) bond motifs is 2. The van der Waals surface area contributed by atoms with Crippen molar-refractivity contribution in [2.45, 2.75) is 77.5 Å². The molecule has 2 N–H and O–H groups in total. The Labute approximate surface area is 202 Å². The summed E-state index contributed by atoms with van der Waals surface area (Å²) in [6, 6.07) is 10.3. The second-order valence-corrected chi connectivity index (χ2v) is 9.98. The maximum atomic E-state index is 13.0. The molecule has 1 aromatic heterocycles. The topological polar surface area (TPSA) is 83.6 Å². The van der Waals surface area contributed by atoms with Crippen LogP contribution in [0.2, 0.25) is 0 Å². The number of carbonyl (C=O) groups is 2. The molecule has 1 aromatic carbocycles. The van der Waals surface area contributed by atoms with Crippen LogP contribution < -0.4 is 20.3 Å². The summed E-state index contributed by atoms with van der Waals surface area (Å²) in [6.07, 6.45) is 5.63. The Morgan fingerprint density at radius 1 is 1.06 bits per heavy atom. The number of anilines is 1. The van der Waals surface area contributed by atoms with Crippen LogP contribution in [0.1, 0.15) is 72.7 Å². The molecule has 3 heterocycles. The molecule has 2 bridgehead atoms. The molecule has 0 spiro atoms. The van der Waals surface area contributed by atoms with Gasteiger partial charge in [0.1, 0.15) is 11.6 Å². The van der Waals surface area contributed by atoms with E-state index < -0.39 is 0 Å². The third kappa shape index (κ3) is 4.88. The minimum atomic E-state index is -0.0857. The van der Waals surface area contributed by atoms with E-state index in [1.165, 1.54) is 0 Å². The van der Waals surface area contributed by atoms with Crippen LogP contribution >= 0.6 is 0 Å². The molecule has 0 saturated carbocycles. The molecule has 4 rings (SSSR count). The molecular weight excluding hydrogens is 428 g/mol. The van der Waals surface area contributed by atoms with Crippen LogP contribution in [0, 0.1) is 12.8 Å². The normalized spacial score (nSPS) is 22.4. The Bertz CT molecular complexity index is 1020. The average Bonchev–Trinajstić information content (AvgIpc) is 3.09. The van der Waals surface area contributed by atoms with Gasteiger partial charge in [-0.15, -0.1) is 0 Å². The Morgan fingerprint density at radius 3 is 2.35 bits per heavy atom. The summed E-state index contributed by atoms with van der Waals surface area (Å²) in [7, 11) is 1.62. The van der Waals surface area contributed by atoms with Crippen LogP contribution in [0.25, 0.3) is 0 Å². The first-order chi connectivity index (χ1) is 16.3. The molecule has 0 radical (unpaired) electrons. The number of benzene rings is 1. The molecular formula is C27H36N4O3. The van der Waals surface area contributed by atoms with Crippen molar-refractivity contribution in [3.8, 4) is 5.75 Å². The van der Waals surface area contributed by atoms with Crippen LogP contribution in [0.15, 0.2) is 36.5 Å². The molecule has 4 atom stereocenters. The smallest absolute Gasteiger partial charge is 0.253 e. The van der Waals surface area contributed by atoms with Gasteiger partial charge in [0, 0.05) is 41.5 Å². The van der Waals surface area contributed by atoms with E-state index in [1.54, 1.807) is 13.3 Å². The molecule has 2 aromatic rings. The van der Waals surface area contributed by atoms with Crippen molar-refractivity contribution in [1.82, 2.24) is 15.6 Å². The van der Waals surface area contributed by atoms with Crippen LogP contribution in [0.3, 0.4) is 0 Å². The summed E-state index contributed by atoms with van der Waals surface area (Å²) in [5.41, 5.74) is 2.11. The van der Waals surface area contributed by atoms with Crippen molar-refractivity contribution in [2.24, 2.45) is 5.92 Å². The summed E-state index contributed by atoms with van der Waals surface area (Å²) in [5, 5.41) is 6.29. The van der Waals surface area contributed by atoms with E-state index in [9.17, 15) is 9.59 Å². The van der Waals surface area contributed by atoms with Gasteiger partial charge in [-0.3, -0.25) is 9.59 Å². The Balaban J connectivity index is 1.40. The van der Waals surface area contributed by atoms with Crippen molar-refractivity contribution >= 4 is 17.6 Å². The molecule has 182 valence electrons. The Morgan fingerprint density at radius 2 is 1.76 bits per heavy atom. The SMILES string of the molecule is COc1cccc(C(=O)NC2C[C@H]3CC[C@@H](C2)N3c2ccc(C(=O)N[C@H](C)C(C)C)cn2)c1C. The number of ether oxygens (including phenoxy) is 1. The van der Waals surface area contributed by atoms with Crippen molar-refractivity contribution in [3.63, 3.8) is 0 Å². The number of amides is 2. The average molecular weight is 465 g/mol. The Kier molecular flexibility index (Phi) is 7.10. The van der Waals surface area contributed by atoms with Crippen LogP contribution in [-0.2, 0) is 0 Å². The number of nitrogens with one attached hydrogen (secondary N) is 2. The van der Waals surface area contributed by atoms with Crippen molar-refractivity contribution < 1.29 is 14.3 Å². The monoisotopic (exact) mass is 464 g/mol. The zero-order valence-corrected chi connectivity index (χ0v) is 20.8. The van der Waals surface area contributed by atoms with Gasteiger partial charge < -0.3 is 20.3 Å².